The molecule has 0 amide bonds. The molecular weight excluding hydrogens is 404 g/mol. The molecule has 0 aliphatic heterocycles. The maximum Gasteiger partial charge on any atom is 0.316 e. The van der Waals surface area contributed by atoms with Crippen LogP contribution < -0.4 is 11.1 Å². The minimum atomic E-state index is -0.593. The number of halogens is 1. The van der Waals surface area contributed by atoms with E-state index in [0.29, 0.717) is 29.7 Å². The van der Waals surface area contributed by atoms with E-state index in [9.17, 15) is 9.59 Å². The molecule has 0 aliphatic rings. The highest BCUT2D eigenvalue weighted by atomic mass is 35.5. The van der Waals surface area contributed by atoms with Crippen molar-refractivity contribution in [2.24, 2.45) is 0 Å². The molecule has 0 atom stereocenters. The molecule has 0 N–H and O–H groups in total. The van der Waals surface area contributed by atoms with Crippen molar-refractivity contribution in [3.8, 4) is 11.4 Å². The van der Waals surface area contributed by atoms with E-state index in [1.807, 2.05) is 43.3 Å². The van der Waals surface area contributed by atoms with Gasteiger partial charge in [0.25, 0.3) is 0 Å². The van der Waals surface area contributed by atoms with Gasteiger partial charge in [-0.2, -0.15) is 4.98 Å². The summed E-state index contributed by atoms with van der Waals surface area (Å²) in [5, 5.41) is 4.61. The van der Waals surface area contributed by atoms with Crippen molar-refractivity contribution >= 4 is 11.6 Å². The monoisotopic (exact) mass is 422 g/mol. The van der Waals surface area contributed by atoms with E-state index in [4.69, 9.17) is 16.1 Å². The van der Waals surface area contributed by atoms with Crippen LogP contribution >= 0.6 is 11.6 Å². The predicted octanol–water partition coefficient (Wildman–Crippen LogP) is 3.31. The van der Waals surface area contributed by atoms with Gasteiger partial charge in [0, 0.05) is 35.9 Å². The number of rotatable bonds is 6. The zero-order valence-corrected chi connectivity index (χ0v) is 17.0. The van der Waals surface area contributed by atoms with Gasteiger partial charge in [-0.05, 0) is 24.6 Å². The molecule has 0 aliphatic carbocycles. The number of benzene rings is 2. The van der Waals surface area contributed by atoms with Gasteiger partial charge < -0.3 is 13.7 Å². The molecule has 4 aromatic rings. The van der Waals surface area contributed by atoms with Gasteiger partial charge in [-0.15, -0.1) is 0 Å². The lowest BCUT2D eigenvalue weighted by molar-refractivity contribution is 0.371. The zero-order valence-electron chi connectivity index (χ0n) is 16.3. The summed E-state index contributed by atoms with van der Waals surface area (Å²) in [4.78, 5) is 29.3. The second-order valence-corrected chi connectivity index (χ2v) is 7.42. The van der Waals surface area contributed by atoms with Gasteiger partial charge in [-0.25, -0.2) is 0 Å². The average Bonchev–Trinajstić information content (AvgIpc) is 3.22. The first kappa shape index (κ1) is 19.8. The molecule has 2 aromatic carbocycles. The molecule has 7 nitrogen and oxygen atoms in total. The van der Waals surface area contributed by atoms with Crippen LogP contribution in [0.2, 0.25) is 5.02 Å². The van der Waals surface area contributed by atoms with E-state index in [1.165, 1.54) is 9.13 Å². The Morgan fingerprint density at radius 2 is 1.60 bits per heavy atom. The molecule has 2 heterocycles. The van der Waals surface area contributed by atoms with Gasteiger partial charge in [0.05, 0.1) is 6.54 Å². The minimum Gasteiger partial charge on any atom is -0.339 e. The lowest BCUT2D eigenvalue weighted by Gasteiger charge is -2.08. The van der Waals surface area contributed by atoms with Gasteiger partial charge in [-0.1, -0.05) is 58.7 Å². The Hall–Kier alpha value is -3.45. The Kier molecular flexibility index (Phi) is 5.63. The summed E-state index contributed by atoms with van der Waals surface area (Å²) in [6.07, 6.45) is 3.54. The highest BCUT2D eigenvalue weighted by Crippen LogP contribution is 2.16. The van der Waals surface area contributed by atoms with Crippen molar-refractivity contribution in [2.75, 3.05) is 0 Å². The van der Waals surface area contributed by atoms with Crippen LogP contribution in [0.5, 0.6) is 0 Å². The van der Waals surface area contributed by atoms with Crippen LogP contribution in [0.15, 0.2) is 75.0 Å². The smallest absolute Gasteiger partial charge is 0.316 e. The van der Waals surface area contributed by atoms with Crippen LogP contribution in [0.1, 0.15) is 17.0 Å². The van der Waals surface area contributed by atoms with Gasteiger partial charge >= 0.3 is 11.1 Å². The molecule has 0 unspecified atom stereocenters. The van der Waals surface area contributed by atoms with E-state index < -0.39 is 11.1 Å². The number of nitrogens with zero attached hydrogens (tertiary/aromatic N) is 4. The first-order chi connectivity index (χ1) is 14.5. The fraction of sp³-hybridized carbons (Fsp3) is 0.182. The van der Waals surface area contributed by atoms with E-state index in [0.717, 1.165) is 16.7 Å². The normalized spacial score (nSPS) is 11.0. The summed E-state index contributed by atoms with van der Waals surface area (Å²) in [5.41, 5.74) is 1.71. The number of aryl methyl sites for hydroxylation is 3. The van der Waals surface area contributed by atoms with E-state index in [1.54, 1.807) is 24.5 Å². The topological polar surface area (TPSA) is 82.9 Å². The molecule has 0 radical (unpaired) electrons. The molecule has 152 valence electrons. The largest absolute Gasteiger partial charge is 0.339 e. The fourth-order valence-electron chi connectivity index (χ4n) is 3.02. The van der Waals surface area contributed by atoms with E-state index >= 15 is 0 Å². The van der Waals surface area contributed by atoms with Gasteiger partial charge in [0.1, 0.15) is 0 Å². The summed E-state index contributed by atoms with van der Waals surface area (Å²) in [6, 6.07) is 14.9. The first-order valence-electron chi connectivity index (χ1n) is 9.43. The maximum atomic E-state index is 12.5. The molecule has 8 heteroatoms. The fourth-order valence-corrected chi connectivity index (χ4v) is 3.15. The molecule has 0 spiro atoms. The molecule has 0 bridgehead atoms. The van der Waals surface area contributed by atoms with Crippen molar-refractivity contribution < 1.29 is 4.52 Å². The minimum absolute atomic E-state index is 0.269. The first-order valence-corrected chi connectivity index (χ1v) is 9.81. The Bertz CT molecular complexity index is 1270. The van der Waals surface area contributed by atoms with Gasteiger partial charge in [0.2, 0.25) is 11.7 Å². The van der Waals surface area contributed by atoms with Crippen molar-refractivity contribution in [1.29, 1.82) is 0 Å². The Morgan fingerprint density at radius 3 is 2.33 bits per heavy atom. The van der Waals surface area contributed by atoms with Crippen LogP contribution in [0.3, 0.4) is 0 Å². The lowest BCUT2D eigenvalue weighted by Crippen LogP contribution is -2.41. The van der Waals surface area contributed by atoms with Gasteiger partial charge in [-0.3, -0.25) is 9.59 Å². The second-order valence-electron chi connectivity index (χ2n) is 6.98. The van der Waals surface area contributed by atoms with Gasteiger partial charge in [0.15, 0.2) is 0 Å². The second kappa shape index (κ2) is 8.51. The summed E-state index contributed by atoms with van der Waals surface area (Å²) < 4.78 is 8.02. The van der Waals surface area contributed by atoms with E-state index in [-0.39, 0.29) is 6.54 Å². The molecule has 2 aromatic heterocycles. The third-order valence-electron chi connectivity index (χ3n) is 4.74. The molecule has 30 heavy (non-hydrogen) atoms. The van der Waals surface area contributed by atoms with Crippen molar-refractivity contribution in [3.05, 3.63) is 104 Å². The Morgan fingerprint density at radius 1 is 0.933 bits per heavy atom. The highest BCUT2D eigenvalue weighted by Gasteiger charge is 2.11. The Balaban J connectivity index is 1.46. The summed E-state index contributed by atoms with van der Waals surface area (Å²) in [5.74, 6) is 0.901. The van der Waals surface area contributed by atoms with Crippen LogP contribution in [-0.2, 0) is 19.5 Å². The predicted molar refractivity (Wildman–Crippen MR) is 114 cm³/mol. The summed E-state index contributed by atoms with van der Waals surface area (Å²) in [7, 11) is 0. The van der Waals surface area contributed by atoms with Crippen molar-refractivity contribution in [2.45, 2.75) is 26.4 Å². The average molecular weight is 423 g/mol. The van der Waals surface area contributed by atoms with Crippen molar-refractivity contribution in [1.82, 2.24) is 19.3 Å². The van der Waals surface area contributed by atoms with E-state index in [2.05, 4.69) is 10.1 Å². The van der Waals surface area contributed by atoms with Crippen LogP contribution in [0.4, 0.5) is 0 Å². The standard InChI is InChI=1S/C22H19ClN4O3/c1-15-2-6-17(7-3-15)20-24-19(30-25-20)10-11-26-12-13-27(22(29)21(26)28)14-16-4-8-18(23)9-5-16/h2-9,12-13H,10-11,14H2,1H3. The highest BCUT2D eigenvalue weighted by molar-refractivity contribution is 6.30. The maximum absolute atomic E-state index is 12.5. The third kappa shape index (κ3) is 4.41. The Labute approximate surface area is 177 Å². The molecule has 4 rings (SSSR count). The number of aromatic nitrogens is 4. The number of hydrogen-bond acceptors (Lipinski definition) is 5. The third-order valence-corrected chi connectivity index (χ3v) is 4.99. The number of hydrogen-bond donors (Lipinski definition) is 0. The van der Waals surface area contributed by atoms with Crippen molar-refractivity contribution in [3.63, 3.8) is 0 Å². The van der Waals surface area contributed by atoms with Crippen LogP contribution in [0.25, 0.3) is 11.4 Å². The summed E-state index contributed by atoms with van der Waals surface area (Å²) >= 11 is 5.88. The zero-order chi connectivity index (χ0) is 21.1. The summed E-state index contributed by atoms with van der Waals surface area (Å²) in [6.45, 7) is 2.58. The molecule has 0 fully saturated rings. The SMILES string of the molecule is Cc1ccc(-c2noc(CCn3ccn(Cc4ccc(Cl)cc4)c(=O)c3=O)n2)cc1. The quantitative estimate of drug-likeness (QED) is 0.445. The van der Waals surface area contributed by atoms with Crippen LogP contribution in [-0.4, -0.2) is 19.3 Å². The molecular formula is C22H19ClN4O3. The van der Waals surface area contributed by atoms with Crippen LogP contribution in [0, 0.1) is 6.92 Å². The molecule has 0 saturated heterocycles. The molecule has 0 saturated carbocycles. The lowest BCUT2D eigenvalue weighted by atomic mass is 10.1.